The fourth-order valence-corrected chi connectivity index (χ4v) is 3.43. The molecule has 1 atom stereocenters. The lowest BCUT2D eigenvalue weighted by molar-refractivity contribution is -0.129. The van der Waals surface area contributed by atoms with Crippen molar-refractivity contribution in [2.75, 3.05) is 6.54 Å². The van der Waals surface area contributed by atoms with Crippen molar-refractivity contribution >= 4 is 11.8 Å². The van der Waals surface area contributed by atoms with Crippen molar-refractivity contribution in [3.05, 3.63) is 24.2 Å². The Hall–Kier alpha value is -1.78. The van der Waals surface area contributed by atoms with Crippen LogP contribution in [0.5, 0.6) is 0 Å². The molecule has 0 aromatic carbocycles. The lowest BCUT2D eigenvalue weighted by Gasteiger charge is -2.19. The Bertz CT molecular complexity index is 504. The van der Waals surface area contributed by atoms with Gasteiger partial charge in [-0.25, -0.2) is 0 Å². The molecule has 1 aliphatic heterocycles. The summed E-state index contributed by atoms with van der Waals surface area (Å²) in [5.74, 6) is 0.628. The normalized spacial score (nSPS) is 23.5. The molecule has 5 nitrogen and oxygen atoms in total. The average Bonchev–Trinajstić information content (AvgIpc) is 3.05. The first-order valence-corrected chi connectivity index (χ1v) is 8.33. The van der Waals surface area contributed by atoms with Gasteiger partial charge in [-0.05, 0) is 25.0 Å². The highest BCUT2D eigenvalue weighted by molar-refractivity contribution is 5.89. The molecule has 3 rings (SSSR count). The number of nitrogens with zero attached hydrogens (tertiary/aromatic N) is 1. The second-order valence-electron chi connectivity index (χ2n) is 6.45. The second-order valence-corrected chi connectivity index (χ2v) is 6.45. The lowest BCUT2D eigenvalue weighted by atomic mass is 10.0. The van der Waals surface area contributed by atoms with Gasteiger partial charge in [-0.3, -0.25) is 9.59 Å². The minimum absolute atomic E-state index is 0.0393. The maximum atomic E-state index is 12.4. The van der Waals surface area contributed by atoms with Crippen molar-refractivity contribution in [3.63, 3.8) is 0 Å². The van der Waals surface area contributed by atoms with E-state index >= 15 is 0 Å². The van der Waals surface area contributed by atoms with E-state index in [4.69, 9.17) is 4.42 Å². The molecule has 0 radical (unpaired) electrons. The molecule has 5 heteroatoms. The topological polar surface area (TPSA) is 62.6 Å². The van der Waals surface area contributed by atoms with Crippen molar-refractivity contribution in [2.45, 2.75) is 57.5 Å². The lowest BCUT2D eigenvalue weighted by Crippen LogP contribution is -2.39. The van der Waals surface area contributed by atoms with E-state index in [0.717, 1.165) is 18.6 Å². The summed E-state index contributed by atoms with van der Waals surface area (Å²) in [5.41, 5.74) is 0. The van der Waals surface area contributed by atoms with Crippen molar-refractivity contribution < 1.29 is 14.0 Å². The van der Waals surface area contributed by atoms with E-state index in [9.17, 15) is 9.59 Å². The number of nitrogens with one attached hydrogen (secondary N) is 1. The van der Waals surface area contributed by atoms with Crippen LogP contribution < -0.4 is 5.32 Å². The Kier molecular flexibility index (Phi) is 4.80. The molecule has 1 N–H and O–H groups in total. The molecule has 2 fully saturated rings. The Morgan fingerprint density at radius 1 is 1.27 bits per heavy atom. The van der Waals surface area contributed by atoms with Gasteiger partial charge >= 0.3 is 0 Å². The predicted molar refractivity (Wildman–Crippen MR) is 81.9 cm³/mol. The summed E-state index contributed by atoms with van der Waals surface area (Å²) in [6.07, 6.45) is 8.99. The number of hydrogen-bond donors (Lipinski definition) is 1. The van der Waals surface area contributed by atoms with E-state index in [0.29, 0.717) is 25.6 Å². The van der Waals surface area contributed by atoms with E-state index in [1.807, 2.05) is 12.1 Å². The van der Waals surface area contributed by atoms with Gasteiger partial charge in [-0.15, -0.1) is 0 Å². The minimum Gasteiger partial charge on any atom is -0.467 e. The van der Waals surface area contributed by atoms with E-state index in [-0.39, 0.29) is 17.7 Å². The van der Waals surface area contributed by atoms with Crippen LogP contribution in [-0.2, 0) is 16.1 Å². The standard InChI is InChI=1S/C17H24N2O3/c20-16-10-13(11-19(16)12-15-8-5-9-22-15)17(21)18-14-6-3-1-2-4-7-14/h5,8-9,13-14H,1-4,6-7,10-12H2,(H,18,21)/t13-/m1/s1. The monoisotopic (exact) mass is 304 g/mol. The van der Waals surface area contributed by atoms with Crippen LogP contribution >= 0.6 is 0 Å². The minimum atomic E-state index is -0.217. The number of rotatable bonds is 4. The van der Waals surface area contributed by atoms with Gasteiger partial charge in [0.15, 0.2) is 0 Å². The molecule has 2 amide bonds. The molecule has 1 saturated heterocycles. The van der Waals surface area contributed by atoms with Gasteiger partial charge in [0.1, 0.15) is 5.76 Å². The Balaban J connectivity index is 1.52. The molecule has 0 spiro atoms. The van der Waals surface area contributed by atoms with Crippen molar-refractivity contribution in [1.29, 1.82) is 0 Å². The van der Waals surface area contributed by atoms with Gasteiger partial charge in [0.2, 0.25) is 11.8 Å². The van der Waals surface area contributed by atoms with Crippen molar-refractivity contribution in [3.8, 4) is 0 Å². The number of amides is 2. The zero-order valence-corrected chi connectivity index (χ0v) is 12.9. The maximum absolute atomic E-state index is 12.4. The Morgan fingerprint density at radius 3 is 2.73 bits per heavy atom. The smallest absolute Gasteiger partial charge is 0.225 e. The van der Waals surface area contributed by atoms with Gasteiger partial charge in [0, 0.05) is 19.0 Å². The molecule has 0 bridgehead atoms. The van der Waals surface area contributed by atoms with Crippen LogP contribution in [-0.4, -0.2) is 29.3 Å². The molecular formula is C17H24N2O3. The third-order valence-corrected chi connectivity index (χ3v) is 4.71. The summed E-state index contributed by atoms with van der Waals surface area (Å²) in [7, 11) is 0. The van der Waals surface area contributed by atoms with Crippen LogP contribution in [0.1, 0.15) is 50.7 Å². The van der Waals surface area contributed by atoms with Gasteiger partial charge in [-0.2, -0.15) is 0 Å². The van der Waals surface area contributed by atoms with Gasteiger partial charge in [0.25, 0.3) is 0 Å². The third-order valence-electron chi connectivity index (χ3n) is 4.71. The van der Waals surface area contributed by atoms with Crippen LogP contribution in [0, 0.1) is 5.92 Å². The predicted octanol–water partition coefficient (Wildman–Crippen LogP) is 2.47. The molecule has 22 heavy (non-hydrogen) atoms. The molecule has 1 aromatic heterocycles. The fourth-order valence-electron chi connectivity index (χ4n) is 3.43. The molecule has 1 saturated carbocycles. The molecule has 2 aliphatic rings. The van der Waals surface area contributed by atoms with Gasteiger partial charge in [-0.1, -0.05) is 25.7 Å². The zero-order chi connectivity index (χ0) is 15.4. The number of carbonyl (C=O) groups excluding carboxylic acids is 2. The van der Waals surface area contributed by atoms with Crippen LogP contribution in [0.25, 0.3) is 0 Å². The highest BCUT2D eigenvalue weighted by Crippen LogP contribution is 2.22. The van der Waals surface area contributed by atoms with E-state index < -0.39 is 0 Å². The number of hydrogen-bond acceptors (Lipinski definition) is 3. The number of furan rings is 1. The summed E-state index contributed by atoms with van der Waals surface area (Å²) in [4.78, 5) is 26.2. The van der Waals surface area contributed by atoms with Crippen LogP contribution in [0.3, 0.4) is 0 Å². The first-order chi connectivity index (χ1) is 10.7. The van der Waals surface area contributed by atoms with Crippen LogP contribution in [0.15, 0.2) is 22.8 Å². The van der Waals surface area contributed by atoms with Gasteiger partial charge < -0.3 is 14.6 Å². The molecule has 1 aliphatic carbocycles. The maximum Gasteiger partial charge on any atom is 0.225 e. The molecular weight excluding hydrogens is 280 g/mol. The highest BCUT2D eigenvalue weighted by atomic mass is 16.3. The summed E-state index contributed by atoms with van der Waals surface area (Å²) in [5, 5.41) is 3.16. The van der Waals surface area contributed by atoms with Gasteiger partial charge in [0.05, 0.1) is 18.7 Å². The van der Waals surface area contributed by atoms with Crippen LogP contribution in [0.2, 0.25) is 0 Å². The van der Waals surface area contributed by atoms with Crippen LogP contribution in [0.4, 0.5) is 0 Å². The summed E-state index contributed by atoms with van der Waals surface area (Å²) < 4.78 is 5.28. The summed E-state index contributed by atoms with van der Waals surface area (Å²) >= 11 is 0. The highest BCUT2D eigenvalue weighted by Gasteiger charge is 2.35. The SMILES string of the molecule is O=C(NC1CCCCCC1)[C@@H]1CC(=O)N(Cc2ccco2)C1. The second kappa shape index (κ2) is 6.99. The zero-order valence-electron chi connectivity index (χ0n) is 12.9. The molecule has 2 heterocycles. The summed E-state index contributed by atoms with van der Waals surface area (Å²) in [6, 6.07) is 3.96. The molecule has 0 unspecified atom stereocenters. The van der Waals surface area contributed by atoms with Crippen molar-refractivity contribution in [2.24, 2.45) is 5.92 Å². The number of carbonyl (C=O) groups is 2. The van der Waals surface area contributed by atoms with Crippen molar-refractivity contribution in [1.82, 2.24) is 10.2 Å². The first kappa shape index (κ1) is 15.1. The number of likely N-dealkylation sites (tertiary alicyclic amines) is 1. The molecule has 120 valence electrons. The first-order valence-electron chi connectivity index (χ1n) is 8.33. The van der Waals surface area contributed by atoms with E-state index in [1.54, 1.807) is 11.2 Å². The summed E-state index contributed by atoms with van der Waals surface area (Å²) in [6.45, 7) is 0.955. The third kappa shape index (κ3) is 3.70. The quantitative estimate of drug-likeness (QED) is 0.869. The molecule has 1 aromatic rings. The largest absolute Gasteiger partial charge is 0.467 e. The van der Waals surface area contributed by atoms with E-state index in [2.05, 4.69) is 5.32 Å². The Labute approximate surface area is 131 Å². The average molecular weight is 304 g/mol. The fraction of sp³-hybridized carbons (Fsp3) is 0.647. The van der Waals surface area contributed by atoms with E-state index in [1.165, 1.54) is 25.7 Å². The Morgan fingerprint density at radius 2 is 2.05 bits per heavy atom.